The Morgan fingerprint density at radius 2 is 2.04 bits per heavy atom. The third-order valence-electron chi connectivity index (χ3n) is 3.52. The lowest BCUT2D eigenvalue weighted by Crippen LogP contribution is -2.24. The van der Waals surface area contributed by atoms with Crippen molar-refractivity contribution in [2.75, 3.05) is 5.32 Å². The third-order valence-corrected chi connectivity index (χ3v) is 3.93. The van der Waals surface area contributed by atoms with Gasteiger partial charge in [0, 0.05) is 16.4 Å². The molecule has 1 amide bonds. The zero-order valence-electron chi connectivity index (χ0n) is 13.8. The van der Waals surface area contributed by atoms with E-state index >= 15 is 0 Å². The van der Waals surface area contributed by atoms with Crippen LogP contribution in [0.1, 0.15) is 27.5 Å². The average Bonchev–Trinajstić information content (AvgIpc) is 3.09. The lowest BCUT2D eigenvalue weighted by atomic mass is 10.2. The maximum Gasteiger partial charge on any atom is 0.270 e. The van der Waals surface area contributed by atoms with Crippen molar-refractivity contribution in [3.05, 3.63) is 70.4 Å². The van der Waals surface area contributed by atoms with Crippen LogP contribution in [0.25, 0.3) is 0 Å². The van der Waals surface area contributed by atoms with Crippen LogP contribution in [-0.4, -0.2) is 15.9 Å². The molecule has 0 aliphatic heterocycles. The number of carbonyl (C=O) groups is 1. The van der Waals surface area contributed by atoms with Gasteiger partial charge in [0.2, 0.25) is 5.95 Å². The van der Waals surface area contributed by atoms with Crippen LogP contribution >= 0.6 is 11.6 Å². The Hall–Kier alpha value is -2.86. The van der Waals surface area contributed by atoms with Gasteiger partial charge in [-0.15, -0.1) is 0 Å². The number of rotatable bonds is 5. The largest absolute Gasteiger partial charge is 0.467 e. The van der Waals surface area contributed by atoms with Crippen LogP contribution in [0.15, 0.2) is 47.1 Å². The molecule has 0 saturated carbocycles. The van der Waals surface area contributed by atoms with Gasteiger partial charge in [-0.1, -0.05) is 17.7 Å². The molecule has 0 radical (unpaired) electrons. The predicted molar refractivity (Wildman–Crippen MR) is 96.1 cm³/mol. The van der Waals surface area contributed by atoms with Gasteiger partial charge in [0.05, 0.1) is 12.8 Å². The molecular formula is C18H17ClN4O2. The van der Waals surface area contributed by atoms with Crippen molar-refractivity contribution in [2.24, 2.45) is 0 Å². The van der Waals surface area contributed by atoms with Gasteiger partial charge >= 0.3 is 0 Å². The lowest BCUT2D eigenvalue weighted by molar-refractivity contribution is 0.0943. The molecular weight excluding hydrogens is 340 g/mol. The van der Waals surface area contributed by atoms with Gasteiger partial charge in [-0.25, -0.2) is 9.97 Å². The van der Waals surface area contributed by atoms with Gasteiger partial charge in [-0.3, -0.25) is 4.79 Å². The summed E-state index contributed by atoms with van der Waals surface area (Å²) in [5.74, 6) is 0.710. The van der Waals surface area contributed by atoms with Crippen LogP contribution in [0.4, 0.5) is 11.6 Å². The number of furan rings is 1. The van der Waals surface area contributed by atoms with Gasteiger partial charge in [-0.05, 0) is 49.7 Å². The maximum atomic E-state index is 12.3. The van der Waals surface area contributed by atoms with E-state index in [2.05, 4.69) is 20.6 Å². The van der Waals surface area contributed by atoms with Crippen molar-refractivity contribution >= 4 is 29.1 Å². The quantitative estimate of drug-likeness (QED) is 0.721. The van der Waals surface area contributed by atoms with E-state index in [0.29, 0.717) is 29.0 Å². The Morgan fingerprint density at radius 1 is 1.20 bits per heavy atom. The first kappa shape index (κ1) is 17.0. The molecule has 3 aromatic rings. The first-order valence-corrected chi connectivity index (χ1v) is 8.08. The normalized spacial score (nSPS) is 10.5. The molecule has 2 aromatic heterocycles. The highest BCUT2D eigenvalue weighted by Crippen LogP contribution is 2.22. The number of benzene rings is 1. The summed E-state index contributed by atoms with van der Waals surface area (Å²) in [6.07, 6.45) is 1.56. The van der Waals surface area contributed by atoms with E-state index in [1.165, 1.54) is 0 Å². The topological polar surface area (TPSA) is 80.0 Å². The van der Waals surface area contributed by atoms with Gasteiger partial charge in [0.15, 0.2) is 0 Å². The molecule has 2 N–H and O–H groups in total. The Balaban J connectivity index is 1.75. The number of hydrogen-bond acceptors (Lipinski definition) is 5. The van der Waals surface area contributed by atoms with E-state index in [-0.39, 0.29) is 11.6 Å². The maximum absolute atomic E-state index is 12.3. The summed E-state index contributed by atoms with van der Waals surface area (Å²) >= 11 is 6.13. The number of amides is 1. The smallest absolute Gasteiger partial charge is 0.270 e. The minimum absolute atomic E-state index is 0.278. The second kappa shape index (κ2) is 7.36. The Labute approximate surface area is 150 Å². The fraction of sp³-hybridized carbons (Fsp3) is 0.167. The Morgan fingerprint density at radius 3 is 2.76 bits per heavy atom. The fourth-order valence-electron chi connectivity index (χ4n) is 2.21. The molecule has 0 aliphatic carbocycles. The highest BCUT2D eigenvalue weighted by Gasteiger charge is 2.11. The molecule has 6 nitrogen and oxygen atoms in total. The van der Waals surface area contributed by atoms with E-state index < -0.39 is 0 Å². The SMILES string of the molecule is Cc1cc(C(=O)NCc2ccco2)nc(Nc2ccc(C)c(Cl)c2)n1. The minimum Gasteiger partial charge on any atom is -0.467 e. The number of aryl methyl sites for hydroxylation is 2. The highest BCUT2D eigenvalue weighted by atomic mass is 35.5. The summed E-state index contributed by atoms with van der Waals surface area (Å²) in [5, 5.41) is 6.48. The number of aromatic nitrogens is 2. The third kappa shape index (κ3) is 4.36. The van der Waals surface area contributed by atoms with E-state index in [1.807, 2.05) is 19.1 Å². The summed E-state index contributed by atoms with van der Waals surface area (Å²) in [5.41, 5.74) is 2.69. The number of nitrogens with zero attached hydrogens (tertiary/aromatic N) is 2. The number of anilines is 2. The molecule has 0 unspecified atom stereocenters. The number of nitrogens with one attached hydrogen (secondary N) is 2. The predicted octanol–water partition coefficient (Wildman–Crippen LogP) is 4.01. The van der Waals surface area contributed by atoms with Crippen molar-refractivity contribution in [1.82, 2.24) is 15.3 Å². The van der Waals surface area contributed by atoms with Crippen LogP contribution in [-0.2, 0) is 6.54 Å². The van der Waals surface area contributed by atoms with Crippen molar-refractivity contribution in [1.29, 1.82) is 0 Å². The fourth-order valence-corrected chi connectivity index (χ4v) is 2.39. The van der Waals surface area contributed by atoms with Crippen molar-refractivity contribution in [2.45, 2.75) is 20.4 Å². The van der Waals surface area contributed by atoms with Crippen LogP contribution in [0.2, 0.25) is 5.02 Å². The summed E-state index contributed by atoms with van der Waals surface area (Å²) in [6.45, 7) is 4.03. The second-order valence-corrected chi connectivity index (χ2v) is 5.98. The average molecular weight is 357 g/mol. The molecule has 0 atom stereocenters. The van der Waals surface area contributed by atoms with Crippen LogP contribution in [0, 0.1) is 13.8 Å². The van der Waals surface area contributed by atoms with E-state index in [0.717, 1.165) is 11.3 Å². The van der Waals surface area contributed by atoms with Crippen molar-refractivity contribution in [3.8, 4) is 0 Å². The molecule has 0 aliphatic rings. The molecule has 0 bridgehead atoms. The first-order valence-electron chi connectivity index (χ1n) is 7.71. The highest BCUT2D eigenvalue weighted by molar-refractivity contribution is 6.31. The first-order chi connectivity index (χ1) is 12.0. The van der Waals surface area contributed by atoms with Crippen LogP contribution < -0.4 is 10.6 Å². The zero-order chi connectivity index (χ0) is 17.8. The summed E-state index contributed by atoms with van der Waals surface area (Å²) < 4.78 is 5.19. The van der Waals surface area contributed by atoms with Gasteiger partial charge < -0.3 is 15.1 Å². The Bertz CT molecular complexity index is 894. The zero-order valence-corrected chi connectivity index (χ0v) is 14.6. The number of halogens is 1. The second-order valence-electron chi connectivity index (χ2n) is 5.57. The summed E-state index contributed by atoms with van der Waals surface area (Å²) in [6, 6.07) is 10.8. The molecule has 7 heteroatoms. The number of hydrogen-bond donors (Lipinski definition) is 2. The standard InChI is InChI=1S/C18H17ClN4O2/c1-11-5-6-13(9-15(11)19)22-18-21-12(2)8-16(23-18)17(24)20-10-14-4-3-7-25-14/h3-9H,10H2,1-2H3,(H,20,24)(H,21,22,23). The molecule has 128 valence electrons. The van der Waals surface area contributed by atoms with E-state index in [1.54, 1.807) is 37.5 Å². The van der Waals surface area contributed by atoms with Gasteiger partial charge in [-0.2, -0.15) is 0 Å². The molecule has 1 aromatic carbocycles. The molecule has 2 heterocycles. The van der Waals surface area contributed by atoms with Crippen LogP contribution in [0.3, 0.4) is 0 Å². The van der Waals surface area contributed by atoms with Gasteiger partial charge in [0.25, 0.3) is 5.91 Å². The monoisotopic (exact) mass is 356 g/mol. The minimum atomic E-state index is -0.299. The lowest BCUT2D eigenvalue weighted by Gasteiger charge is -2.09. The van der Waals surface area contributed by atoms with Gasteiger partial charge in [0.1, 0.15) is 11.5 Å². The summed E-state index contributed by atoms with van der Waals surface area (Å²) in [7, 11) is 0. The van der Waals surface area contributed by atoms with E-state index in [4.69, 9.17) is 16.0 Å². The molecule has 25 heavy (non-hydrogen) atoms. The van der Waals surface area contributed by atoms with E-state index in [9.17, 15) is 4.79 Å². The molecule has 0 fully saturated rings. The Kier molecular flexibility index (Phi) is 5.00. The molecule has 0 spiro atoms. The summed E-state index contributed by atoms with van der Waals surface area (Å²) in [4.78, 5) is 20.9. The molecule has 0 saturated heterocycles. The van der Waals surface area contributed by atoms with Crippen molar-refractivity contribution < 1.29 is 9.21 Å². The van der Waals surface area contributed by atoms with Crippen LogP contribution in [0.5, 0.6) is 0 Å². The van der Waals surface area contributed by atoms with Crippen molar-refractivity contribution in [3.63, 3.8) is 0 Å². The molecule has 3 rings (SSSR count). The number of carbonyl (C=O) groups excluding carboxylic acids is 1.